The van der Waals surface area contributed by atoms with E-state index < -0.39 is 28.2 Å². The second kappa shape index (κ2) is 3.27. The quantitative estimate of drug-likeness (QED) is 0.462. The Balaban J connectivity index is 4.73. The van der Waals surface area contributed by atoms with Crippen LogP contribution in [0.4, 0.5) is 13.2 Å². The third-order valence-corrected chi connectivity index (χ3v) is 1.62. The van der Waals surface area contributed by atoms with Gasteiger partial charge in [0.25, 0.3) is 6.47 Å². The molecule has 0 aromatic heterocycles. The Hall–Kier alpha value is -0.830. The van der Waals surface area contributed by atoms with Gasteiger partial charge in [0.15, 0.2) is 10.1 Å². The molecule has 0 saturated carbocycles. The van der Waals surface area contributed by atoms with E-state index in [9.17, 15) is 30.9 Å². The smallest absolute Gasteiger partial charge is 0.399 e. The summed E-state index contributed by atoms with van der Waals surface area (Å²) in [5.41, 5.74) is 0. The second-order valence-electron chi connectivity index (χ2n) is 1.56. The van der Waals surface area contributed by atoms with Gasteiger partial charge >= 0.3 is 11.6 Å². The van der Waals surface area contributed by atoms with Gasteiger partial charge in [0.05, 0.1) is 0 Å². The molecule has 0 spiro atoms. The van der Waals surface area contributed by atoms with E-state index in [-0.39, 0.29) is 0 Å². The number of ether oxygens (including phenoxy) is 1. The summed E-state index contributed by atoms with van der Waals surface area (Å²) in [5.74, 6) is 0. The number of hydrogen-bond acceptors (Lipinski definition) is 5. The van der Waals surface area contributed by atoms with Crippen molar-refractivity contribution in [3.8, 4) is 0 Å². The monoisotopic (exact) mass is 207 g/mol. The van der Waals surface area contributed by atoms with Gasteiger partial charge in [-0.1, -0.05) is 0 Å². The fourth-order valence-electron chi connectivity index (χ4n) is 0.241. The van der Waals surface area contributed by atoms with E-state index in [1.54, 1.807) is 0 Å². The highest BCUT2D eigenvalue weighted by Crippen LogP contribution is 2.27. The highest BCUT2D eigenvalue weighted by atomic mass is 32.2. The number of rotatable bonds is 4. The minimum absolute atomic E-state index is 0.732. The van der Waals surface area contributed by atoms with Crippen LogP contribution in [-0.4, -0.2) is 31.1 Å². The third kappa shape index (κ3) is 2.08. The summed E-state index contributed by atoms with van der Waals surface area (Å²) in [5, 5.41) is -5.26. The predicted molar refractivity (Wildman–Crippen MR) is 26.7 cm³/mol. The van der Waals surface area contributed by atoms with Crippen molar-refractivity contribution < 1.29 is 35.7 Å². The molecule has 5 nitrogen and oxygen atoms in total. The first-order valence-corrected chi connectivity index (χ1v) is 3.70. The molecule has 1 atom stereocenters. The lowest BCUT2D eigenvalue weighted by Gasteiger charge is -2.21. The van der Waals surface area contributed by atoms with Gasteiger partial charge < -0.3 is 9.29 Å². The first kappa shape index (κ1) is 11.2. The van der Waals surface area contributed by atoms with Crippen LogP contribution in [0.1, 0.15) is 0 Å². The molecule has 0 saturated heterocycles. The summed E-state index contributed by atoms with van der Waals surface area (Å²) in [6.45, 7) is -0.732. The molecule has 1 unspecified atom stereocenters. The van der Waals surface area contributed by atoms with Crippen LogP contribution in [0.5, 0.6) is 0 Å². The number of carbonyl (C=O) groups is 1. The lowest BCUT2D eigenvalue weighted by atomic mass is 10.7. The van der Waals surface area contributed by atoms with Crippen LogP contribution >= 0.6 is 0 Å². The molecule has 0 aliphatic heterocycles. The minimum atomic E-state index is -6.17. The summed E-state index contributed by atoms with van der Waals surface area (Å²) < 4.78 is 67.6. The highest BCUT2D eigenvalue weighted by Gasteiger charge is 2.49. The average molecular weight is 207 g/mol. The molecule has 0 aromatic rings. The van der Waals surface area contributed by atoms with E-state index in [2.05, 4.69) is 4.74 Å². The number of hydrogen-bond donors (Lipinski definition) is 0. The highest BCUT2D eigenvalue weighted by molar-refractivity contribution is 7.86. The van der Waals surface area contributed by atoms with Crippen molar-refractivity contribution in [2.75, 3.05) is 0 Å². The van der Waals surface area contributed by atoms with E-state index in [1.807, 2.05) is 0 Å². The SMILES string of the molecule is O=COC(F)C(F)(F)S(=O)(=O)[O-]. The van der Waals surface area contributed by atoms with E-state index >= 15 is 0 Å². The Morgan fingerprint density at radius 3 is 2.17 bits per heavy atom. The molecule has 0 bridgehead atoms. The molecule has 0 fully saturated rings. The van der Waals surface area contributed by atoms with Crippen molar-refractivity contribution in [2.45, 2.75) is 11.6 Å². The molecule has 12 heavy (non-hydrogen) atoms. The lowest BCUT2D eigenvalue weighted by molar-refractivity contribution is -0.168. The molecule has 9 heteroatoms. The lowest BCUT2D eigenvalue weighted by Crippen LogP contribution is -2.40. The Labute approximate surface area is 64.9 Å². The summed E-state index contributed by atoms with van der Waals surface area (Å²) in [6.07, 6.45) is -3.78. The molecule has 72 valence electrons. The molecule has 0 rings (SSSR count). The number of alkyl halides is 3. The van der Waals surface area contributed by atoms with Crippen LogP contribution in [0.15, 0.2) is 0 Å². The van der Waals surface area contributed by atoms with Gasteiger partial charge in [-0.25, -0.2) is 8.42 Å². The molecule has 0 radical (unpaired) electrons. The first-order chi connectivity index (χ1) is 5.23. The Morgan fingerprint density at radius 2 is 1.92 bits per heavy atom. The topological polar surface area (TPSA) is 83.5 Å². The van der Waals surface area contributed by atoms with Gasteiger partial charge in [-0.15, -0.1) is 0 Å². The van der Waals surface area contributed by atoms with E-state index in [0.717, 1.165) is 0 Å². The van der Waals surface area contributed by atoms with Crippen molar-refractivity contribution in [3.63, 3.8) is 0 Å². The maximum Gasteiger partial charge on any atom is 0.399 e. The van der Waals surface area contributed by atoms with Crippen LogP contribution in [0.2, 0.25) is 0 Å². The largest absolute Gasteiger partial charge is 0.743 e. The van der Waals surface area contributed by atoms with Crippen molar-refractivity contribution in [1.29, 1.82) is 0 Å². The summed E-state index contributed by atoms with van der Waals surface area (Å²) in [7, 11) is -6.17. The Morgan fingerprint density at radius 1 is 1.50 bits per heavy atom. The summed E-state index contributed by atoms with van der Waals surface area (Å²) in [4.78, 5) is 9.30. The van der Waals surface area contributed by atoms with E-state index in [1.165, 1.54) is 0 Å². The molecular formula is C3H2F3O5S-. The normalized spacial score (nSPS) is 15.3. The van der Waals surface area contributed by atoms with Gasteiger partial charge in [-0.3, -0.25) is 4.79 Å². The van der Waals surface area contributed by atoms with Crippen LogP contribution in [-0.2, 0) is 19.6 Å². The minimum Gasteiger partial charge on any atom is -0.743 e. The summed E-state index contributed by atoms with van der Waals surface area (Å²) >= 11 is 0. The zero-order chi connectivity index (χ0) is 9.99. The molecule has 0 aliphatic carbocycles. The van der Waals surface area contributed by atoms with Crippen LogP contribution in [0.3, 0.4) is 0 Å². The Bertz CT molecular complexity index is 259. The van der Waals surface area contributed by atoms with Crippen LogP contribution in [0, 0.1) is 0 Å². The van der Waals surface area contributed by atoms with Crippen molar-refractivity contribution in [1.82, 2.24) is 0 Å². The van der Waals surface area contributed by atoms with E-state index in [4.69, 9.17) is 0 Å². The Kier molecular flexibility index (Phi) is 3.04. The second-order valence-corrected chi connectivity index (χ2v) is 3.02. The standard InChI is InChI=1S/C3H3F3O5S/c4-2(11-1-7)3(5,6)12(8,9)10/h1-2H,(H,8,9,10)/p-1. The van der Waals surface area contributed by atoms with Gasteiger partial charge in [0.1, 0.15) is 0 Å². The number of halogens is 3. The summed E-state index contributed by atoms with van der Waals surface area (Å²) in [6, 6.07) is 0. The van der Waals surface area contributed by atoms with Crippen molar-refractivity contribution >= 4 is 16.6 Å². The number of carbonyl (C=O) groups excluding carboxylic acids is 1. The predicted octanol–water partition coefficient (Wildman–Crippen LogP) is -0.407. The van der Waals surface area contributed by atoms with Gasteiger partial charge in [-0.2, -0.15) is 13.2 Å². The zero-order valence-electron chi connectivity index (χ0n) is 5.24. The first-order valence-electron chi connectivity index (χ1n) is 2.30. The molecule has 0 amide bonds. The molecule has 0 heterocycles. The van der Waals surface area contributed by atoms with Crippen LogP contribution in [0.25, 0.3) is 0 Å². The van der Waals surface area contributed by atoms with Gasteiger partial charge in [0.2, 0.25) is 0 Å². The fraction of sp³-hybridized carbons (Fsp3) is 0.667. The molecular weight excluding hydrogens is 205 g/mol. The van der Waals surface area contributed by atoms with Crippen molar-refractivity contribution in [3.05, 3.63) is 0 Å². The third-order valence-electron chi connectivity index (χ3n) is 0.773. The maximum atomic E-state index is 12.0. The van der Waals surface area contributed by atoms with E-state index in [0.29, 0.717) is 0 Å². The van der Waals surface area contributed by atoms with Gasteiger partial charge in [0, 0.05) is 0 Å². The van der Waals surface area contributed by atoms with Gasteiger partial charge in [-0.05, 0) is 0 Å². The maximum absolute atomic E-state index is 12.0. The van der Waals surface area contributed by atoms with Crippen molar-refractivity contribution in [2.24, 2.45) is 0 Å². The molecule has 0 aliphatic rings. The average Bonchev–Trinajstić information content (AvgIpc) is 1.85. The molecule has 0 aromatic carbocycles. The molecule has 0 N–H and O–H groups in total. The fourth-order valence-corrected chi connectivity index (χ4v) is 0.524. The zero-order valence-corrected chi connectivity index (χ0v) is 6.05. The van der Waals surface area contributed by atoms with Crippen LogP contribution < -0.4 is 0 Å².